The summed E-state index contributed by atoms with van der Waals surface area (Å²) in [7, 11) is 0. The van der Waals surface area contributed by atoms with Gasteiger partial charge in [-0.2, -0.15) is 18.4 Å². The van der Waals surface area contributed by atoms with Crippen molar-refractivity contribution in [3.63, 3.8) is 0 Å². The molecule has 0 bridgehead atoms. The lowest BCUT2D eigenvalue weighted by atomic mass is 9.97. The number of likely N-dealkylation sites (tertiary alicyclic amines) is 1. The van der Waals surface area contributed by atoms with Gasteiger partial charge in [-0.1, -0.05) is 12.1 Å². The molecule has 2 rings (SSSR count). The quantitative estimate of drug-likeness (QED) is 0.857. The van der Waals surface area contributed by atoms with E-state index >= 15 is 0 Å². The SMILES string of the molecule is C[C@H](Oc1ccccc1C#N)C(=O)N1CCC[C@H](C(F)(F)F)C1. The van der Waals surface area contributed by atoms with Crippen LogP contribution in [0.25, 0.3) is 0 Å². The van der Waals surface area contributed by atoms with Gasteiger partial charge in [0.25, 0.3) is 5.91 Å². The van der Waals surface area contributed by atoms with Gasteiger partial charge in [-0.05, 0) is 31.9 Å². The Morgan fingerprint density at radius 1 is 1.43 bits per heavy atom. The first-order chi connectivity index (χ1) is 10.8. The molecule has 0 aromatic heterocycles. The van der Waals surface area contributed by atoms with E-state index in [0.29, 0.717) is 13.0 Å². The van der Waals surface area contributed by atoms with E-state index in [9.17, 15) is 18.0 Å². The Morgan fingerprint density at radius 3 is 2.78 bits per heavy atom. The predicted molar refractivity (Wildman–Crippen MR) is 76.6 cm³/mol. The van der Waals surface area contributed by atoms with Gasteiger partial charge < -0.3 is 9.64 Å². The van der Waals surface area contributed by atoms with Crippen LogP contribution in [0.4, 0.5) is 13.2 Å². The van der Waals surface area contributed by atoms with Gasteiger partial charge in [0.2, 0.25) is 0 Å². The van der Waals surface area contributed by atoms with Crippen LogP contribution in [0.5, 0.6) is 5.75 Å². The molecule has 23 heavy (non-hydrogen) atoms. The zero-order chi connectivity index (χ0) is 17.0. The van der Waals surface area contributed by atoms with Crippen LogP contribution in [-0.2, 0) is 4.79 Å². The predicted octanol–water partition coefficient (Wildman–Crippen LogP) is 3.13. The molecule has 0 N–H and O–H groups in total. The minimum absolute atomic E-state index is 0.0415. The number of benzene rings is 1. The summed E-state index contributed by atoms with van der Waals surface area (Å²) in [6.45, 7) is 1.43. The molecule has 0 unspecified atom stereocenters. The lowest BCUT2D eigenvalue weighted by Crippen LogP contribution is -2.48. The molecule has 1 heterocycles. The van der Waals surface area contributed by atoms with Gasteiger partial charge in [-0.25, -0.2) is 0 Å². The van der Waals surface area contributed by atoms with Crippen molar-refractivity contribution in [1.29, 1.82) is 5.26 Å². The molecule has 1 aromatic rings. The third-order valence-corrected chi connectivity index (χ3v) is 3.85. The average molecular weight is 326 g/mol. The number of nitriles is 1. The number of para-hydroxylation sites is 1. The largest absolute Gasteiger partial charge is 0.480 e. The van der Waals surface area contributed by atoms with Crippen LogP contribution in [0.1, 0.15) is 25.3 Å². The molecule has 1 aliphatic rings. The van der Waals surface area contributed by atoms with Crippen LogP contribution in [0.3, 0.4) is 0 Å². The van der Waals surface area contributed by atoms with Crippen molar-refractivity contribution in [3.05, 3.63) is 29.8 Å². The molecule has 0 radical (unpaired) electrons. The van der Waals surface area contributed by atoms with Gasteiger partial charge in [0, 0.05) is 13.1 Å². The number of carbonyl (C=O) groups excluding carboxylic acids is 1. The van der Waals surface area contributed by atoms with Crippen LogP contribution >= 0.6 is 0 Å². The fourth-order valence-electron chi connectivity index (χ4n) is 2.60. The summed E-state index contributed by atoms with van der Waals surface area (Å²) in [6.07, 6.45) is -4.88. The number of nitrogens with zero attached hydrogens (tertiary/aromatic N) is 2. The van der Waals surface area contributed by atoms with Crippen molar-refractivity contribution in [2.75, 3.05) is 13.1 Å². The Labute approximate surface area is 132 Å². The topological polar surface area (TPSA) is 53.3 Å². The average Bonchev–Trinajstić information content (AvgIpc) is 2.54. The van der Waals surface area contributed by atoms with Crippen LogP contribution < -0.4 is 4.74 Å². The minimum Gasteiger partial charge on any atom is -0.480 e. The van der Waals surface area contributed by atoms with Crippen molar-refractivity contribution >= 4 is 5.91 Å². The second-order valence-corrected chi connectivity index (χ2v) is 5.53. The Kier molecular flexibility index (Phi) is 5.14. The molecule has 124 valence electrons. The zero-order valence-corrected chi connectivity index (χ0v) is 12.6. The maximum absolute atomic E-state index is 12.8. The van der Waals surface area contributed by atoms with E-state index in [4.69, 9.17) is 10.00 Å². The van der Waals surface area contributed by atoms with Crippen molar-refractivity contribution in [2.24, 2.45) is 5.92 Å². The Bertz CT molecular complexity index is 610. The summed E-state index contributed by atoms with van der Waals surface area (Å²) in [5, 5.41) is 8.99. The lowest BCUT2D eigenvalue weighted by molar-refractivity contribution is -0.189. The van der Waals surface area contributed by atoms with E-state index in [1.54, 1.807) is 24.3 Å². The van der Waals surface area contributed by atoms with Gasteiger partial charge in [0.05, 0.1) is 11.5 Å². The van der Waals surface area contributed by atoms with Crippen LogP contribution in [0, 0.1) is 17.2 Å². The van der Waals surface area contributed by atoms with E-state index in [2.05, 4.69) is 0 Å². The standard InChI is InChI=1S/C16H17F3N2O2/c1-11(23-14-7-3-2-5-12(14)9-20)15(22)21-8-4-6-13(10-21)16(17,18)19/h2-3,5,7,11,13H,4,6,8,10H2,1H3/t11-,13-/m0/s1. The second kappa shape index (κ2) is 6.90. The first kappa shape index (κ1) is 17.1. The van der Waals surface area contributed by atoms with Crippen LogP contribution in [0.2, 0.25) is 0 Å². The van der Waals surface area contributed by atoms with E-state index in [0.717, 1.165) is 0 Å². The first-order valence-electron chi connectivity index (χ1n) is 7.34. The summed E-state index contributed by atoms with van der Waals surface area (Å²) in [6, 6.07) is 8.37. The monoisotopic (exact) mass is 326 g/mol. The van der Waals surface area contributed by atoms with Gasteiger partial charge in [0.1, 0.15) is 11.8 Å². The molecule has 0 saturated carbocycles. The smallest absolute Gasteiger partial charge is 0.393 e. The summed E-state index contributed by atoms with van der Waals surface area (Å²) < 4.78 is 43.9. The number of amides is 1. The fourth-order valence-corrected chi connectivity index (χ4v) is 2.60. The van der Waals surface area contributed by atoms with Gasteiger partial charge in [0.15, 0.2) is 6.10 Å². The lowest BCUT2D eigenvalue weighted by Gasteiger charge is -2.35. The number of ether oxygens (including phenoxy) is 1. The highest BCUT2D eigenvalue weighted by Crippen LogP contribution is 2.33. The first-order valence-corrected chi connectivity index (χ1v) is 7.34. The van der Waals surface area contributed by atoms with Gasteiger partial charge in [-0.15, -0.1) is 0 Å². The van der Waals surface area contributed by atoms with Crippen molar-refractivity contribution in [1.82, 2.24) is 4.90 Å². The third-order valence-electron chi connectivity index (χ3n) is 3.85. The molecule has 1 aliphatic heterocycles. The highest BCUT2D eigenvalue weighted by molar-refractivity contribution is 5.81. The fraction of sp³-hybridized carbons (Fsp3) is 0.500. The molecule has 0 spiro atoms. The molecule has 1 aromatic carbocycles. The maximum atomic E-state index is 12.8. The number of hydrogen-bond acceptors (Lipinski definition) is 3. The molecule has 7 heteroatoms. The number of rotatable bonds is 3. The Morgan fingerprint density at radius 2 is 2.13 bits per heavy atom. The summed E-state index contributed by atoms with van der Waals surface area (Å²) in [5.74, 6) is -1.73. The van der Waals surface area contributed by atoms with Crippen LogP contribution in [-0.4, -0.2) is 36.2 Å². The molecule has 1 amide bonds. The highest BCUT2D eigenvalue weighted by Gasteiger charge is 2.43. The molecule has 4 nitrogen and oxygen atoms in total. The van der Waals surface area contributed by atoms with Crippen molar-refractivity contribution in [2.45, 2.75) is 32.0 Å². The van der Waals surface area contributed by atoms with Crippen molar-refractivity contribution < 1.29 is 22.7 Å². The number of piperidine rings is 1. The number of hydrogen-bond donors (Lipinski definition) is 0. The summed E-state index contributed by atoms with van der Waals surface area (Å²) >= 11 is 0. The molecule has 1 saturated heterocycles. The van der Waals surface area contributed by atoms with E-state index in [-0.39, 0.29) is 24.3 Å². The van der Waals surface area contributed by atoms with Crippen molar-refractivity contribution in [3.8, 4) is 11.8 Å². The van der Waals surface area contributed by atoms with Crippen LogP contribution in [0.15, 0.2) is 24.3 Å². The Hall–Kier alpha value is -2.23. The Balaban J connectivity index is 2.03. The van der Waals surface area contributed by atoms with E-state index < -0.39 is 24.1 Å². The number of alkyl halides is 3. The molecule has 2 atom stereocenters. The molecule has 1 fully saturated rings. The number of halogens is 3. The number of carbonyl (C=O) groups is 1. The van der Waals surface area contributed by atoms with E-state index in [1.807, 2.05) is 6.07 Å². The maximum Gasteiger partial charge on any atom is 0.393 e. The minimum atomic E-state index is -4.30. The zero-order valence-electron chi connectivity index (χ0n) is 12.6. The highest BCUT2D eigenvalue weighted by atomic mass is 19.4. The summed E-state index contributed by atoms with van der Waals surface area (Å²) in [4.78, 5) is 13.5. The molecular formula is C16H17F3N2O2. The summed E-state index contributed by atoms with van der Waals surface area (Å²) in [5.41, 5.74) is 0.277. The normalized spacial score (nSPS) is 19.8. The van der Waals surface area contributed by atoms with Gasteiger partial charge >= 0.3 is 6.18 Å². The molecular weight excluding hydrogens is 309 g/mol. The molecule has 0 aliphatic carbocycles. The van der Waals surface area contributed by atoms with Gasteiger partial charge in [-0.3, -0.25) is 4.79 Å². The second-order valence-electron chi connectivity index (χ2n) is 5.53. The van der Waals surface area contributed by atoms with E-state index in [1.165, 1.54) is 11.8 Å². The third kappa shape index (κ3) is 4.15.